The van der Waals surface area contributed by atoms with Crippen LogP contribution >= 0.6 is 39.1 Å². The van der Waals surface area contributed by atoms with E-state index in [4.69, 9.17) is 48.9 Å². The summed E-state index contributed by atoms with van der Waals surface area (Å²) in [6.45, 7) is -3.28. The van der Waals surface area contributed by atoms with Crippen molar-refractivity contribution in [3.8, 4) is 0 Å². The van der Waals surface area contributed by atoms with Gasteiger partial charge in [-0.3, -0.25) is 22.6 Å². The summed E-state index contributed by atoms with van der Waals surface area (Å²) in [5, 5.41) is 0. The van der Waals surface area contributed by atoms with Crippen LogP contribution in [0, 0.1) is 0 Å². The van der Waals surface area contributed by atoms with E-state index in [0.29, 0.717) is 0 Å². The first kappa shape index (κ1) is 30.6. The van der Waals surface area contributed by atoms with Crippen molar-refractivity contribution < 1.29 is 94.4 Å². The predicted octanol–water partition coefficient (Wildman–Crippen LogP) is -2.36. The molecular formula is C5H17O20P5. The van der Waals surface area contributed by atoms with Crippen LogP contribution in [0.3, 0.4) is 0 Å². The minimum atomic E-state index is -5.75. The van der Waals surface area contributed by atoms with Crippen molar-refractivity contribution >= 4 is 39.1 Å². The Hall–Kier alpha value is 0.550. The molecule has 0 spiro atoms. The van der Waals surface area contributed by atoms with Crippen molar-refractivity contribution in [1.82, 2.24) is 0 Å². The standard InChI is InChI=1S/C5H17O20P5/c6-26(7,8)21-1-3(23-28(12,13)14)5(25-30(18,19)20)4(24-29(15,16)17)2-22-27(9,10)11/h3-5H,1-2H2,(H2,6,7,8)(H2,9,10,11)(H2,12,13,14)(H2,15,16,17)(H2,18,19,20)/t3-,4+,5?. The molecule has 0 aromatic carbocycles. The first-order chi connectivity index (χ1) is 13.0. The first-order valence-electron chi connectivity index (χ1n) is 6.59. The summed E-state index contributed by atoms with van der Waals surface area (Å²) in [6.07, 6.45) is -8.13. The van der Waals surface area contributed by atoms with Gasteiger partial charge in [0.05, 0.1) is 13.2 Å². The van der Waals surface area contributed by atoms with Gasteiger partial charge >= 0.3 is 39.1 Å². The topological polar surface area (TPSA) is 334 Å². The SMILES string of the molecule is O=P(O)(O)OC[C@H](OP(=O)(O)O)C(OP(=O)(O)O)[C@@H](COP(=O)(O)O)OP(=O)(O)O. The van der Waals surface area contributed by atoms with Crippen LogP contribution in [0.15, 0.2) is 0 Å². The zero-order valence-corrected chi connectivity index (χ0v) is 18.4. The van der Waals surface area contributed by atoms with Gasteiger partial charge in [0.1, 0.15) is 18.3 Å². The zero-order chi connectivity index (χ0) is 24.2. The van der Waals surface area contributed by atoms with Crippen molar-refractivity contribution in [3.05, 3.63) is 0 Å². The molecule has 0 aromatic rings. The second-order valence-electron chi connectivity index (χ2n) is 4.90. The second kappa shape index (κ2) is 11.1. The predicted molar refractivity (Wildman–Crippen MR) is 86.7 cm³/mol. The molecule has 0 aliphatic rings. The quantitative estimate of drug-likeness (QED) is 0.101. The van der Waals surface area contributed by atoms with Crippen LogP contribution < -0.4 is 0 Å². The maximum Gasteiger partial charge on any atom is 0.470 e. The van der Waals surface area contributed by atoms with Crippen LogP contribution in [0.4, 0.5) is 0 Å². The molecule has 30 heavy (non-hydrogen) atoms. The van der Waals surface area contributed by atoms with Gasteiger partial charge in [-0.2, -0.15) is 0 Å². The summed E-state index contributed by atoms with van der Waals surface area (Å²) in [6, 6.07) is 0. The Morgan fingerprint density at radius 2 is 0.733 bits per heavy atom. The van der Waals surface area contributed by atoms with E-state index in [-0.39, 0.29) is 0 Å². The maximum atomic E-state index is 11.2. The second-order valence-corrected chi connectivity index (χ2v) is 11.0. The molecule has 0 fully saturated rings. The lowest BCUT2D eigenvalue weighted by molar-refractivity contribution is -0.0793. The molecule has 10 N–H and O–H groups in total. The van der Waals surface area contributed by atoms with E-state index in [0.717, 1.165) is 0 Å². The fraction of sp³-hybridized carbons (Fsp3) is 1.00. The normalized spacial score (nSPS) is 17.5. The Bertz CT molecular complexity index is 721. The van der Waals surface area contributed by atoms with Crippen molar-refractivity contribution in [2.75, 3.05) is 13.2 Å². The molecule has 0 aliphatic carbocycles. The highest BCUT2D eigenvalue weighted by Gasteiger charge is 2.44. The average molecular weight is 552 g/mol. The van der Waals surface area contributed by atoms with E-state index in [1.54, 1.807) is 0 Å². The van der Waals surface area contributed by atoms with Crippen molar-refractivity contribution in [1.29, 1.82) is 0 Å². The number of hydrogen-bond donors (Lipinski definition) is 10. The molecule has 0 aromatic heterocycles. The third-order valence-corrected chi connectivity index (χ3v) is 4.93. The van der Waals surface area contributed by atoms with Crippen LogP contribution in [-0.4, -0.2) is 80.5 Å². The van der Waals surface area contributed by atoms with Crippen LogP contribution in [0.25, 0.3) is 0 Å². The Morgan fingerprint density at radius 1 is 0.467 bits per heavy atom. The molecule has 1 unspecified atom stereocenters. The van der Waals surface area contributed by atoms with Gasteiger partial charge in [0.2, 0.25) is 0 Å². The zero-order valence-electron chi connectivity index (χ0n) is 13.9. The van der Waals surface area contributed by atoms with Crippen molar-refractivity contribution in [2.45, 2.75) is 18.3 Å². The summed E-state index contributed by atoms with van der Waals surface area (Å²) in [7, 11) is -27.9. The van der Waals surface area contributed by atoms with Crippen LogP contribution in [0.5, 0.6) is 0 Å². The van der Waals surface area contributed by atoms with E-state index in [9.17, 15) is 22.8 Å². The van der Waals surface area contributed by atoms with Gasteiger partial charge in [0, 0.05) is 0 Å². The van der Waals surface area contributed by atoms with E-state index in [1.807, 2.05) is 0 Å². The molecule has 3 atom stereocenters. The van der Waals surface area contributed by atoms with Gasteiger partial charge in [0.25, 0.3) is 0 Å². The lowest BCUT2D eigenvalue weighted by Crippen LogP contribution is -2.45. The first-order valence-corrected chi connectivity index (χ1v) is 14.2. The van der Waals surface area contributed by atoms with E-state index < -0.39 is 70.6 Å². The minimum absolute atomic E-state index is 1.64. The summed E-state index contributed by atoms with van der Waals surface area (Å²) in [5.74, 6) is 0. The molecule has 182 valence electrons. The van der Waals surface area contributed by atoms with Gasteiger partial charge in [0.15, 0.2) is 0 Å². The van der Waals surface area contributed by atoms with E-state index in [2.05, 4.69) is 22.6 Å². The van der Waals surface area contributed by atoms with Gasteiger partial charge in [-0.25, -0.2) is 22.8 Å². The summed E-state index contributed by atoms with van der Waals surface area (Å²) in [5.41, 5.74) is 0. The number of hydrogen-bond acceptors (Lipinski definition) is 10. The molecule has 25 heteroatoms. The number of rotatable bonds is 14. The Kier molecular flexibility index (Phi) is 11.3. The molecular weight excluding hydrogens is 535 g/mol. The highest BCUT2D eigenvalue weighted by molar-refractivity contribution is 7.47. The van der Waals surface area contributed by atoms with Gasteiger partial charge < -0.3 is 48.9 Å². The van der Waals surface area contributed by atoms with Crippen molar-refractivity contribution in [3.63, 3.8) is 0 Å². The van der Waals surface area contributed by atoms with Gasteiger partial charge in [-0.15, -0.1) is 0 Å². The summed E-state index contributed by atoms with van der Waals surface area (Å²) in [4.78, 5) is 88.1. The average Bonchev–Trinajstić information content (AvgIpc) is 2.40. The van der Waals surface area contributed by atoms with Crippen LogP contribution in [0.2, 0.25) is 0 Å². The van der Waals surface area contributed by atoms with Crippen LogP contribution in [-0.2, 0) is 45.4 Å². The Morgan fingerprint density at radius 3 is 0.933 bits per heavy atom. The molecule has 0 radical (unpaired) electrons. The molecule has 0 aliphatic heterocycles. The summed E-state index contributed by atoms with van der Waals surface area (Å²) >= 11 is 0. The monoisotopic (exact) mass is 552 g/mol. The molecule has 0 bridgehead atoms. The highest BCUT2D eigenvalue weighted by atomic mass is 31.2. The molecule has 0 saturated carbocycles. The molecule has 0 heterocycles. The van der Waals surface area contributed by atoms with Gasteiger partial charge in [-0.1, -0.05) is 0 Å². The van der Waals surface area contributed by atoms with E-state index in [1.165, 1.54) is 0 Å². The Balaban J connectivity index is 6.23. The lowest BCUT2D eigenvalue weighted by Gasteiger charge is -2.32. The third kappa shape index (κ3) is 17.1. The molecule has 0 amide bonds. The lowest BCUT2D eigenvalue weighted by atomic mass is 10.1. The summed E-state index contributed by atoms with van der Waals surface area (Å²) < 4.78 is 74.8. The third-order valence-electron chi connectivity index (χ3n) is 2.35. The van der Waals surface area contributed by atoms with Crippen molar-refractivity contribution in [2.24, 2.45) is 0 Å². The largest absolute Gasteiger partial charge is 0.470 e. The fourth-order valence-corrected chi connectivity index (χ4v) is 3.94. The molecule has 0 saturated heterocycles. The minimum Gasteiger partial charge on any atom is -0.303 e. The Labute approximate surface area is 165 Å². The number of phosphoric ester groups is 5. The fourth-order valence-electron chi connectivity index (χ4n) is 1.60. The molecule has 0 rings (SSSR count). The highest BCUT2D eigenvalue weighted by Crippen LogP contribution is 2.48. The smallest absolute Gasteiger partial charge is 0.303 e. The van der Waals surface area contributed by atoms with E-state index >= 15 is 0 Å². The maximum absolute atomic E-state index is 11.2. The number of phosphoric acid groups is 5. The van der Waals surface area contributed by atoms with Crippen LogP contribution in [0.1, 0.15) is 0 Å². The molecule has 20 nitrogen and oxygen atoms in total. The van der Waals surface area contributed by atoms with Gasteiger partial charge in [-0.05, 0) is 0 Å².